The molecule has 3 rings (SSSR count). The van der Waals surface area contributed by atoms with Crippen LogP contribution in [0.3, 0.4) is 0 Å². The molecule has 0 saturated carbocycles. The van der Waals surface area contributed by atoms with E-state index in [4.69, 9.17) is 0 Å². The van der Waals surface area contributed by atoms with Crippen molar-refractivity contribution in [3.05, 3.63) is 46.3 Å². The Morgan fingerprint density at radius 2 is 2.16 bits per heavy atom. The quantitative estimate of drug-likeness (QED) is 0.500. The zero-order chi connectivity index (χ0) is 17.5. The molecule has 0 bridgehead atoms. The summed E-state index contributed by atoms with van der Waals surface area (Å²) in [5.41, 5.74) is 0.869. The average molecular weight is 357 g/mol. The molecule has 7 nitrogen and oxygen atoms in total. The van der Waals surface area contributed by atoms with E-state index in [9.17, 15) is 0 Å². The van der Waals surface area contributed by atoms with E-state index in [1.807, 2.05) is 35.0 Å². The fraction of sp³-hybridized carbons (Fsp3) is 0.412. The molecule has 0 atom stereocenters. The van der Waals surface area contributed by atoms with E-state index in [2.05, 4.69) is 44.7 Å². The maximum atomic E-state index is 4.61. The van der Waals surface area contributed by atoms with Crippen molar-refractivity contribution >= 4 is 22.9 Å². The van der Waals surface area contributed by atoms with Crippen LogP contribution in [0.25, 0.3) is 5.65 Å². The van der Waals surface area contributed by atoms with Crippen molar-refractivity contribution < 1.29 is 0 Å². The van der Waals surface area contributed by atoms with Crippen molar-refractivity contribution in [2.45, 2.75) is 33.2 Å². The van der Waals surface area contributed by atoms with Gasteiger partial charge in [0.25, 0.3) is 0 Å². The maximum Gasteiger partial charge on any atom is 0.191 e. The number of aryl methyl sites for hydroxylation is 1. The summed E-state index contributed by atoms with van der Waals surface area (Å²) >= 11 is 1.72. The molecule has 0 aliphatic rings. The summed E-state index contributed by atoms with van der Waals surface area (Å²) in [5.74, 6) is 1.73. The standard InChI is InChI=1S/C17H23N7S/c1-3-13-11-20-16(25-13)12-21-17(18-4-2)19-9-8-15-23-22-14-7-5-6-10-24(14)15/h5-7,10-11H,3-4,8-9,12H2,1-2H3,(H2,18,19,21). The predicted molar refractivity (Wildman–Crippen MR) is 101 cm³/mol. The number of thiazole rings is 1. The summed E-state index contributed by atoms with van der Waals surface area (Å²) < 4.78 is 2.01. The molecular formula is C17H23N7S. The Labute approximate surface area is 151 Å². The van der Waals surface area contributed by atoms with E-state index in [0.717, 1.165) is 48.4 Å². The molecule has 0 unspecified atom stereocenters. The lowest BCUT2D eigenvalue weighted by molar-refractivity contribution is 0.763. The van der Waals surface area contributed by atoms with E-state index in [1.54, 1.807) is 11.3 Å². The molecule has 0 saturated heterocycles. The molecule has 0 aromatic carbocycles. The fourth-order valence-corrected chi connectivity index (χ4v) is 3.21. The van der Waals surface area contributed by atoms with Gasteiger partial charge in [-0.3, -0.25) is 4.40 Å². The fourth-order valence-electron chi connectivity index (χ4n) is 2.43. The summed E-state index contributed by atoms with van der Waals surface area (Å²) in [6, 6.07) is 5.90. The summed E-state index contributed by atoms with van der Waals surface area (Å²) in [5, 5.41) is 16.1. The second-order valence-corrected chi connectivity index (χ2v) is 6.69. The zero-order valence-electron chi connectivity index (χ0n) is 14.6. The predicted octanol–water partition coefficient (Wildman–Crippen LogP) is 2.05. The number of hydrogen-bond acceptors (Lipinski definition) is 5. The van der Waals surface area contributed by atoms with Crippen LogP contribution >= 0.6 is 11.3 Å². The number of rotatable bonds is 7. The number of nitrogens with zero attached hydrogens (tertiary/aromatic N) is 5. The van der Waals surface area contributed by atoms with Gasteiger partial charge in [0.1, 0.15) is 10.8 Å². The summed E-state index contributed by atoms with van der Waals surface area (Å²) in [4.78, 5) is 10.3. The first-order chi connectivity index (χ1) is 12.3. The highest BCUT2D eigenvalue weighted by atomic mass is 32.1. The number of fused-ring (bicyclic) bond motifs is 1. The van der Waals surface area contributed by atoms with Gasteiger partial charge in [-0.05, 0) is 25.5 Å². The highest BCUT2D eigenvalue weighted by Crippen LogP contribution is 2.13. The highest BCUT2D eigenvalue weighted by Gasteiger charge is 2.05. The number of nitrogens with one attached hydrogen (secondary N) is 2. The monoisotopic (exact) mass is 357 g/mol. The third-order valence-electron chi connectivity index (χ3n) is 3.69. The van der Waals surface area contributed by atoms with Crippen LogP contribution in [0, 0.1) is 0 Å². The Morgan fingerprint density at radius 3 is 2.96 bits per heavy atom. The van der Waals surface area contributed by atoms with E-state index >= 15 is 0 Å². The van der Waals surface area contributed by atoms with Gasteiger partial charge in [-0.15, -0.1) is 21.5 Å². The van der Waals surface area contributed by atoms with Gasteiger partial charge in [-0.25, -0.2) is 9.98 Å². The smallest absolute Gasteiger partial charge is 0.191 e. The third kappa shape index (κ3) is 4.54. The van der Waals surface area contributed by atoms with Gasteiger partial charge in [-0.2, -0.15) is 0 Å². The zero-order valence-corrected chi connectivity index (χ0v) is 15.4. The molecule has 25 heavy (non-hydrogen) atoms. The van der Waals surface area contributed by atoms with Gasteiger partial charge in [0.15, 0.2) is 11.6 Å². The van der Waals surface area contributed by atoms with Crippen LogP contribution < -0.4 is 10.6 Å². The molecule has 3 aromatic rings. The average Bonchev–Trinajstić information content (AvgIpc) is 3.26. The second-order valence-electron chi connectivity index (χ2n) is 5.49. The van der Waals surface area contributed by atoms with Crippen molar-refractivity contribution in [2.75, 3.05) is 13.1 Å². The molecule has 132 valence electrons. The Balaban J connectivity index is 1.57. The SMILES string of the molecule is CCNC(=NCc1ncc(CC)s1)NCCc1nnc2ccccn12. The minimum atomic E-state index is 0.591. The number of aliphatic imine (C=N–C) groups is 1. The minimum absolute atomic E-state index is 0.591. The second kappa shape index (κ2) is 8.57. The van der Waals surface area contributed by atoms with Gasteiger partial charge in [-0.1, -0.05) is 13.0 Å². The lowest BCUT2D eigenvalue weighted by atomic mass is 10.4. The molecule has 0 radical (unpaired) electrons. The van der Waals surface area contributed by atoms with E-state index < -0.39 is 0 Å². The number of hydrogen-bond donors (Lipinski definition) is 2. The van der Waals surface area contributed by atoms with Gasteiger partial charge < -0.3 is 10.6 Å². The van der Waals surface area contributed by atoms with E-state index in [1.165, 1.54) is 4.88 Å². The molecular weight excluding hydrogens is 334 g/mol. The van der Waals surface area contributed by atoms with Crippen LogP contribution in [0.4, 0.5) is 0 Å². The van der Waals surface area contributed by atoms with Crippen LogP contribution in [0.15, 0.2) is 35.6 Å². The highest BCUT2D eigenvalue weighted by molar-refractivity contribution is 7.11. The summed E-state index contributed by atoms with van der Waals surface area (Å²) in [6.45, 7) is 6.34. The topological polar surface area (TPSA) is 79.5 Å². The van der Waals surface area contributed by atoms with Crippen LogP contribution in [0.5, 0.6) is 0 Å². The van der Waals surface area contributed by atoms with Crippen molar-refractivity contribution in [1.82, 2.24) is 30.2 Å². The van der Waals surface area contributed by atoms with Gasteiger partial charge in [0.05, 0.1) is 6.54 Å². The lowest BCUT2D eigenvalue weighted by Crippen LogP contribution is -2.38. The molecule has 3 heterocycles. The van der Waals surface area contributed by atoms with Crippen molar-refractivity contribution in [2.24, 2.45) is 4.99 Å². The van der Waals surface area contributed by atoms with Crippen LogP contribution in [0.1, 0.15) is 29.6 Å². The van der Waals surface area contributed by atoms with Gasteiger partial charge in [0.2, 0.25) is 0 Å². The third-order valence-corrected chi connectivity index (χ3v) is 4.82. The molecule has 3 aromatic heterocycles. The Morgan fingerprint density at radius 1 is 1.24 bits per heavy atom. The normalized spacial score (nSPS) is 11.8. The number of aromatic nitrogens is 4. The Kier molecular flexibility index (Phi) is 5.95. The summed E-state index contributed by atoms with van der Waals surface area (Å²) in [7, 11) is 0. The number of pyridine rings is 1. The summed E-state index contributed by atoms with van der Waals surface area (Å²) in [6.07, 6.45) is 5.71. The van der Waals surface area contributed by atoms with Gasteiger partial charge >= 0.3 is 0 Å². The van der Waals surface area contributed by atoms with Crippen molar-refractivity contribution in [1.29, 1.82) is 0 Å². The molecule has 0 aliphatic heterocycles. The Bertz CT molecular complexity index is 836. The van der Waals surface area contributed by atoms with Crippen molar-refractivity contribution in [3.8, 4) is 0 Å². The molecule has 0 spiro atoms. The van der Waals surface area contributed by atoms with Crippen LogP contribution in [-0.4, -0.2) is 38.6 Å². The largest absolute Gasteiger partial charge is 0.357 e. The van der Waals surface area contributed by atoms with E-state index in [-0.39, 0.29) is 0 Å². The first-order valence-corrected chi connectivity index (χ1v) is 9.36. The lowest BCUT2D eigenvalue weighted by Gasteiger charge is -2.10. The molecule has 0 fully saturated rings. The number of guanidine groups is 1. The minimum Gasteiger partial charge on any atom is -0.357 e. The first kappa shape index (κ1) is 17.3. The molecule has 0 aliphatic carbocycles. The first-order valence-electron chi connectivity index (χ1n) is 8.54. The maximum absolute atomic E-state index is 4.61. The van der Waals surface area contributed by atoms with Gasteiger partial charge in [0, 0.05) is 36.8 Å². The van der Waals surface area contributed by atoms with Crippen molar-refractivity contribution in [3.63, 3.8) is 0 Å². The van der Waals surface area contributed by atoms with Crippen LogP contribution in [-0.2, 0) is 19.4 Å². The Hall–Kier alpha value is -2.48. The molecule has 0 amide bonds. The molecule has 2 N–H and O–H groups in total. The molecule has 8 heteroatoms. The van der Waals surface area contributed by atoms with E-state index in [0.29, 0.717) is 6.54 Å². The van der Waals surface area contributed by atoms with Crippen LogP contribution in [0.2, 0.25) is 0 Å².